The number of nitrogen functional groups attached to an aromatic ring is 1. The Morgan fingerprint density at radius 2 is 2.16 bits per heavy atom. The summed E-state index contributed by atoms with van der Waals surface area (Å²) in [6.45, 7) is 5.90. The van der Waals surface area contributed by atoms with Gasteiger partial charge in [0.25, 0.3) is 0 Å². The van der Waals surface area contributed by atoms with Gasteiger partial charge in [0.15, 0.2) is 0 Å². The van der Waals surface area contributed by atoms with Gasteiger partial charge in [-0.15, -0.1) is 0 Å². The Bertz CT molecular complexity index is 435. The predicted molar refractivity (Wildman–Crippen MR) is 78.4 cm³/mol. The van der Waals surface area contributed by atoms with E-state index in [9.17, 15) is 10.1 Å². The van der Waals surface area contributed by atoms with Gasteiger partial charge >= 0.3 is 5.69 Å². The lowest BCUT2D eigenvalue weighted by Crippen LogP contribution is -2.28. The zero-order valence-corrected chi connectivity index (χ0v) is 11.7. The molecule has 1 rings (SSSR count). The van der Waals surface area contributed by atoms with Crippen molar-refractivity contribution < 1.29 is 4.92 Å². The lowest BCUT2D eigenvalue weighted by Gasteiger charge is -2.20. The van der Waals surface area contributed by atoms with E-state index in [1.165, 1.54) is 6.07 Å². The Kier molecular flexibility index (Phi) is 5.57. The number of nitrogens with one attached hydrogen (secondary N) is 1. The summed E-state index contributed by atoms with van der Waals surface area (Å²) in [5.41, 5.74) is 6.26. The number of para-hydroxylation sites is 1. The number of benzene rings is 1. The molecule has 6 nitrogen and oxygen atoms in total. The third-order valence-corrected chi connectivity index (χ3v) is 3.13. The number of rotatable bonds is 7. The first kappa shape index (κ1) is 15.2. The molecule has 6 heteroatoms. The van der Waals surface area contributed by atoms with Crippen LogP contribution in [-0.4, -0.2) is 36.0 Å². The van der Waals surface area contributed by atoms with Gasteiger partial charge in [-0.25, -0.2) is 0 Å². The van der Waals surface area contributed by atoms with Crippen molar-refractivity contribution in [2.24, 2.45) is 0 Å². The van der Waals surface area contributed by atoms with Crippen LogP contribution in [0.2, 0.25) is 0 Å². The van der Waals surface area contributed by atoms with E-state index < -0.39 is 4.92 Å². The lowest BCUT2D eigenvalue weighted by atomic mass is 10.2. The molecule has 0 atom stereocenters. The molecule has 0 aliphatic rings. The highest BCUT2D eigenvalue weighted by molar-refractivity contribution is 5.74. The topological polar surface area (TPSA) is 84.4 Å². The molecule has 0 unspecified atom stereocenters. The molecule has 3 N–H and O–H groups in total. The normalized spacial score (nSPS) is 11.0. The largest absolute Gasteiger partial charge is 0.393 e. The number of nitrogens with two attached hydrogens (primary N) is 1. The van der Waals surface area contributed by atoms with Gasteiger partial charge in [0.05, 0.1) is 4.92 Å². The zero-order chi connectivity index (χ0) is 14.4. The van der Waals surface area contributed by atoms with Gasteiger partial charge in [0.2, 0.25) is 0 Å². The average molecular weight is 266 g/mol. The molecule has 0 saturated heterocycles. The van der Waals surface area contributed by atoms with Gasteiger partial charge in [0.1, 0.15) is 11.4 Å². The Morgan fingerprint density at radius 3 is 2.74 bits per heavy atom. The van der Waals surface area contributed by atoms with E-state index in [2.05, 4.69) is 31.1 Å². The standard InChI is InChI=1S/C13H22N4O2/c1-10(2)16(3)9-5-8-15-12-7-4-6-11(14)13(12)17(18)19/h4,6-7,10,15H,5,8-9,14H2,1-3H3. The fourth-order valence-electron chi connectivity index (χ4n) is 1.72. The highest BCUT2D eigenvalue weighted by atomic mass is 16.6. The van der Waals surface area contributed by atoms with Gasteiger partial charge in [-0.2, -0.15) is 0 Å². The van der Waals surface area contributed by atoms with Crippen molar-refractivity contribution in [2.45, 2.75) is 26.3 Å². The Balaban J connectivity index is 2.54. The van der Waals surface area contributed by atoms with E-state index in [0.717, 1.165) is 13.0 Å². The molecule has 0 amide bonds. The average Bonchev–Trinajstić information content (AvgIpc) is 2.33. The van der Waals surface area contributed by atoms with Crippen LogP contribution >= 0.6 is 0 Å². The van der Waals surface area contributed by atoms with E-state index in [1.807, 2.05) is 0 Å². The minimum atomic E-state index is -0.447. The third kappa shape index (κ3) is 4.40. The van der Waals surface area contributed by atoms with Crippen LogP contribution in [0.1, 0.15) is 20.3 Å². The second kappa shape index (κ2) is 6.94. The molecule has 0 radical (unpaired) electrons. The first-order valence-corrected chi connectivity index (χ1v) is 6.40. The minimum Gasteiger partial charge on any atom is -0.393 e. The van der Waals surface area contributed by atoms with Crippen LogP contribution in [0.5, 0.6) is 0 Å². The number of nitrogens with zero attached hydrogens (tertiary/aromatic N) is 2. The van der Waals surface area contributed by atoms with E-state index >= 15 is 0 Å². The van der Waals surface area contributed by atoms with Crippen LogP contribution in [0.15, 0.2) is 18.2 Å². The molecule has 0 bridgehead atoms. The molecule has 1 aromatic carbocycles. The summed E-state index contributed by atoms with van der Waals surface area (Å²) in [6, 6.07) is 5.43. The highest BCUT2D eigenvalue weighted by Gasteiger charge is 2.16. The molecule has 1 aromatic rings. The van der Waals surface area contributed by atoms with E-state index in [4.69, 9.17) is 5.73 Å². The molecule has 0 fully saturated rings. The Labute approximate surface area is 113 Å². The molecule has 19 heavy (non-hydrogen) atoms. The number of nitro groups is 1. The molecule has 0 aromatic heterocycles. The van der Waals surface area contributed by atoms with Gasteiger partial charge in [0, 0.05) is 12.6 Å². The van der Waals surface area contributed by atoms with Crippen molar-refractivity contribution in [3.63, 3.8) is 0 Å². The summed E-state index contributed by atoms with van der Waals surface area (Å²) in [5, 5.41) is 14.0. The minimum absolute atomic E-state index is 0.0419. The Hall–Kier alpha value is -1.82. The smallest absolute Gasteiger partial charge is 0.314 e. The summed E-state index contributed by atoms with van der Waals surface area (Å²) in [4.78, 5) is 12.7. The molecular formula is C13H22N4O2. The summed E-state index contributed by atoms with van der Waals surface area (Å²) >= 11 is 0. The SMILES string of the molecule is CC(C)N(C)CCCNc1cccc(N)c1[N+](=O)[O-]. The van der Waals surface area contributed by atoms with Gasteiger partial charge < -0.3 is 16.0 Å². The molecule has 0 aliphatic carbocycles. The fourth-order valence-corrected chi connectivity index (χ4v) is 1.72. The summed E-state index contributed by atoms with van der Waals surface area (Å²) in [6.07, 6.45) is 0.917. The summed E-state index contributed by atoms with van der Waals surface area (Å²) in [5.74, 6) is 0. The summed E-state index contributed by atoms with van der Waals surface area (Å²) < 4.78 is 0. The zero-order valence-electron chi connectivity index (χ0n) is 11.7. The molecule has 0 spiro atoms. The Morgan fingerprint density at radius 1 is 1.47 bits per heavy atom. The second-order valence-corrected chi connectivity index (χ2v) is 4.86. The quantitative estimate of drug-likeness (QED) is 0.342. The molecule has 0 aliphatic heterocycles. The molecule has 0 heterocycles. The maximum absolute atomic E-state index is 11.0. The maximum atomic E-state index is 11.0. The fraction of sp³-hybridized carbons (Fsp3) is 0.538. The van der Waals surface area contributed by atoms with Crippen LogP contribution in [0, 0.1) is 10.1 Å². The number of nitro benzene ring substituents is 1. The van der Waals surface area contributed by atoms with Crippen LogP contribution in [0.25, 0.3) is 0 Å². The van der Waals surface area contributed by atoms with Gasteiger partial charge in [-0.05, 0) is 46.0 Å². The van der Waals surface area contributed by atoms with Crippen molar-refractivity contribution in [3.8, 4) is 0 Å². The molecule has 106 valence electrons. The van der Waals surface area contributed by atoms with Crippen LogP contribution in [-0.2, 0) is 0 Å². The van der Waals surface area contributed by atoms with Gasteiger partial charge in [-0.1, -0.05) is 6.07 Å². The van der Waals surface area contributed by atoms with Crippen LogP contribution < -0.4 is 11.1 Å². The number of anilines is 2. The van der Waals surface area contributed by atoms with Crippen molar-refractivity contribution in [2.75, 3.05) is 31.2 Å². The van der Waals surface area contributed by atoms with E-state index in [-0.39, 0.29) is 11.4 Å². The van der Waals surface area contributed by atoms with Crippen LogP contribution in [0.3, 0.4) is 0 Å². The van der Waals surface area contributed by atoms with Crippen molar-refractivity contribution >= 4 is 17.1 Å². The van der Waals surface area contributed by atoms with Crippen molar-refractivity contribution in [3.05, 3.63) is 28.3 Å². The second-order valence-electron chi connectivity index (χ2n) is 4.86. The monoisotopic (exact) mass is 266 g/mol. The first-order chi connectivity index (χ1) is 8.93. The number of hydrogen-bond acceptors (Lipinski definition) is 5. The molecular weight excluding hydrogens is 244 g/mol. The van der Waals surface area contributed by atoms with E-state index in [0.29, 0.717) is 18.3 Å². The molecule has 0 saturated carbocycles. The third-order valence-electron chi connectivity index (χ3n) is 3.13. The lowest BCUT2D eigenvalue weighted by molar-refractivity contribution is -0.383. The number of hydrogen-bond donors (Lipinski definition) is 2. The van der Waals surface area contributed by atoms with Crippen molar-refractivity contribution in [1.29, 1.82) is 0 Å². The first-order valence-electron chi connectivity index (χ1n) is 6.40. The van der Waals surface area contributed by atoms with Crippen LogP contribution in [0.4, 0.5) is 17.1 Å². The highest BCUT2D eigenvalue weighted by Crippen LogP contribution is 2.30. The predicted octanol–water partition coefficient (Wildman–Crippen LogP) is 2.32. The van der Waals surface area contributed by atoms with Crippen molar-refractivity contribution in [1.82, 2.24) is 4.90 Å². The summed E-state index contributed by atoms with van der Waals surface area (Å²) in [7, 11) is 2.06. The van der Waals surface area contributed by atoms with E-state index in [1.54, 1.807) is 12.1 Å². The maximum Gasteiger partial charge on any atom is 0.314 e. The van der Waals surface area contributed by atoms with Gasteiger partial charge in [-0.3, -0.25) is 10.1 Å².